The van der Waals surface area contributed by atoms with Crippen molar-refractivity contribution in [1.29, 1.82) is 0 Å². The van der Waals surface area contributed by atoms with Gasteiger partial charge in [0.05, 0.1) is 6.42 Å². The van der Waals surface area contributed by atoms with Crippen LogP contribution in [0.2, 0.25) is 0 Å². The standard InChI is InChI=1S/C18H25N3O3/c1-12(22)20-17(14-5-3-4-6-14)18(24)21-15-9-7-13(8-10-15)11-16(23)19-2/h7-10,14,17H,3-6,11H2,1-2H3,(H,19,23)(H,20,22)(H,21,24). The van der Waals surface area contributed by atoms with Gasteiger partial charge in [-0.2, -0.15) is 0 Å². The van der Waals surface area contributed by atoms with Crippen molar-refractivity contribution in [2.75, 3.05) is 12.4 Å². The monoisotopic (exact) mass is 331 g/mol. The van der Waals surface area contributed by atoms with Gasteiger partial charge in [0.15, 0.2) is 0 Å². The van der Waals surface area contributed by atoms with E-state index in [1.165, 1.54) is 6.92 Å². The van der Waals surface area contributed by atoms with E-state index in [1.54, 1.807) is 19.2 Å². The summed E-state index contributed by atoms with van der Waals surface area (Å²) in [5.41, 5.74) is 1.54. The van der Waals surface area contributed by atoms with Crippen LogP contribution in [0.15, 0.2) is 24.3 Å². The second kappa shape index (κ2) is 8.47. The van der Waals surface area contributed by atoms with E-state index in [-0.39, 0.29) is 23.6 Å². The molecule has 1 aliphatic rings. The lowest BCUT2D eigenvalue weighted by atomic mass is 9.97. The van der Waals surface area contributed by atoms with Crippen molar-refractivity contribution in [1.82, 2.24) is 10.6 Å². The molecule has 1 aromatic carbocycles. The molecule has 1 fully saturated rings. The molecule has 3 N–H and O–H groups in total. The number of likely N-dealkylation sites (N-methyl/N-ethyl adjacent to an activating group) is 1. The highest BCUT2D eigenvalue weighted by Gasteiger charge is 2.31. The van der Waals surface area contributed by atoms with Crippen LogP contribution in [0.5, 0.6) is 0 Å². The third-order valence-corrected chi connectivity index (χ3v) is 4.38. The van der Waals surface area contributed by atoms with E-state index in [1.807, 2.05) is 12.1 Å². The largest absolute Gasteiger partial charge is 0.359 e. The Kier molecular flexibility index (Phi) is 6.35. The Morgan fingerprint density at radius 3 is 2.29 bits per heavy atom. The van der Waals surface area contributed by atoms with Gasteiger partial charge in [-0.25, -0.2) is 0 Å². The van der Waals surface area contributed by atoms with Crippen molar-refractivity contribution < 1.29 is 14.4 Å². The molecule has 130 valence electrons. The number of carbonyl (C=O) groups is 3. The molecule has 6 heteroatoms. The van der Waals surface area contributed by atoms with Crippen LogP contribution in [0.3, 0.4) is 0 Å². The molecule has 0 heterocycles. The van der Waals surface area contributed by atoms with Crippen LogP contribution < -0.4 is 16.0 Å². The zero-order valence-corrected chi connectivity index (χ0v) is 14.2. The summed E-state index contributed by atoms with van der Waals surface area (Å²) in [5, 5.41) is 8.22. The van der Waals surface area contributed by atoms with Crippen LogP contribution in [0.1, 0.15) is 38.2 Å². The number of anilines is 1. The van der Waals surface area contributed by atoms with Crippen LogP contribution in [-0.2, 0) is 20.8 Å². The summed E-state index contributed by atoms with van der Waals surface area (Å²) in [5.74, 6) is -0.237. The highest BCUT2D eigenvalue weighted by molar-refractivity contribution is 5.97. The predicted molar refractivity (Wildman–Crippen MR) is 92.4 cm³/mol. The molecule has 6 nitrogen and oxygen atoms in total. The van der Waals surface area contributed by atoms with Crippen LogP contribution >= 0.6 is 0 Å². The smallest absolute Gasteiger partial charge is 0.247 e. The van der Waals surface area contributed by atoms with E-state index in [4.69, 9.17) is 0 Å². The minimum absolute atomic E-state index is 0.0567. The van der Waals surface area contributed by atoms with Crippen LogP contribution in [-0.4, -0.2) is 30.8 Å². The molecular weight excluding hydrogens is 306 g/mol. The summed E-state index contributed by atoms with van der Waals surface area (Å²) in [6.45, 7) is 1.43. The summed E-state index contributed by atoms with van der Waals surface area (Å²) in [6.07, 6.45) is 4.43. The van der Waals surface area contributed by atoms with Gasteiger partial charge in [-0.3, -0.25) is 14.4 Å². The van der Waals surface area contributed by atoms with Crippen LogP contribution in [0, 0.1) is 5.92 Å². The van der Waals surface area contributed by atoms with Crippen LogP contribution in [0.25, 0.3) is 0 Å². The second-order valence-corrected chi connectivity index (χ2v) is 6.26. The SMILES string of the molecule is CNC(=O)Cc1ccc(NC(=O)C(NC(C)=O)C2CCCC2)cc1. The quantitative estimate of drug-likeness (QED) is 0.740. The molecule has 0 bridgehead atoms. The number of benzene rings is 1. The first kappa shape index (κ1) is 18.0. The van der Waals surface area contributed by atoms with Crippen molar-refractivity contribution in [3.05, 3.63) is 29.8 Å². The van der Waals surface area contributed by atoms with Crippen molar-refractivity contribution in [2.24, 2.45) is 5.92 Å². The first-order chi connectivity index (χ1) is 11.5. The highest BCUT2D eigenvalue weighted by Crippen LogP contribution is 2.28. The average Bonchev–Trinajstić information content (AvgIpc) is 3.08. The van der Waals surface area contributed by atoms with E-state index in [2.05, 4.69) is 16.0 Å². The van der Waals surface area contributed by atoms with E-state index in [0.29, 0.717) is 12.1 Å². The zero-order valence-electron chi connectivity index (χ0n) is 14.2. The maximum atomic E-state index is 12.6. The predicted octanol–water partition coefficient (Wildman–Crippen LogP) is 1.61. The van der Waals surface area contributed by atoms with Gasteiger partial charge in [0, 0.05) is 19.7 Å². The van der Waals surface area contributed by atoms with Gasteiger partial charge in [0.2, 0.25) is 17.7 Å². The molecule has 2 rings (SSSR count). The van der Waals surface area contributed by atoms with Crippen molar-refractivity contribution in [2.45, 2.75) is 45.1 Å². The number of amides is 3. The lowest BCUT2D eigenvalue weighted by Gasteiger charge is -2.23. The molecule has 1 aromatic rings. The summed E-state index contributed by atoms with van der Waals surface area (Å²) < 4.78 is 0. The maximum absolute atomic E-state index is 12.6. The minimum atomic E-state index is -0.490. The van der Waals surface area contributed by atoms with Gasteiger partial charge in [-0.15, -0.1) is 0 Å². The Morgan fingerprint density at radius 1 is 1.12 bits per heavy atom. The summed E-state index contributed by atoms with van der Waals surface area (Å²) in [6, 6.07) is 6.68. The van der Waals surface area contributed by atoms with Crippen molar-refractivity contribution in [3.63, 3.8) is 0 Å². The fourth-order valence-electron chi connectivity index (χ4n) is 3.11. The molecule has 0 aromatic heterocycles. The van der Waals surface area contributed by atoms with E-state index in [0.717, 1.165) is 31.2 Å². The number of hydrogen-bond acceptors (Lipinski definition) is 3. The Bertz CT molecular complexity index is 592. The molecule has 1 atom stereocenters. The molecule has 24 heavy (non-hydrogen) atoms. The van der Waals surface area contributed by atoms with Gasteiger partial charge in [0.1, 0.15) is 6.04 Å². The Balaban J connectivity index is 2.00. The topological polar surface area (TPSA) is 87.3 Å². The summed E-state index contributed by atoms with van der Waals surface area (Å²) in [4.78, 5) is 35.3. The van der Waals surface area contributed by atoms with Gasteiger partial charge < -0.3 is 16.0 Å². The van der Waals surface area contributed by atoms with E-state index in [9.17, 15) is 14.4 Å². The van der Waals surface area contributed by atoms with Crippen molar-refractivity contribution >= 4 is 23.4 Å². The molecule has 0 aliphatic heterocycles. The molecule has 3 amide bonds. The molecule has 1 aliphatic carbocycles. The van der Waals surface area contributed by atoms with Crippen molar-refractivity contribution in [3.8, 4) is 0 Å². The van der Waals surface area contributed by atoms with Gasteiger partial charge in [-0.1, -0.05) is 25.0 Å². The Labute approximate surface area is 142 Å². The Morgan fingerprint density at radius 2 is 1.75 bits per heavy atom. The summed E-state index contributed by atoms with van der Waals surface area (Å²) >= 11 is 0. The lowest BCUT2D eigenvalue weighted by Crippen LogP contribution is -2.47. The van der Waals surface area contributed by atoms with Gasteiger partial charge in [-0.05, 0) is 36.5 Å². The molecule has 0 saturated heterocycles. The van der Waals surface area contributed by atoms with Gasteiger partial charge >= 0.3 is 0 Å². The number of carbonyl (C=O) groups excluding carboxylic acids is 3. The number of hydrogen-bond donors (Lipinski definition) is 3. The van der Waals surface area contributed by atoms with E-state index >= 15 is 0 Å². The molecule has 0 radical (unpaired) electrons. The van der Waals surface area contributed by atoms with Crippen LogP contribution in [0.4, 0.5) is 5.69 Å². The summed E-state index contributed by atoms with van der Waals surface area (Å²) in [7, 11) is 1.60. The molecule has 1 saturated carbocycles. The van der Waals surface area contributed by atoms with Gasteiger partial charge in [0.25, 0.3) is 0 Å². The normalized spacial score (nSPS) is 15.6. The third-order valence-electron chi connectivity index (χ3n) is 4.38. The third kappa shape index (κ3) is 5.08. The highest BCUT2D eigenvalue weighted by atomic mass is 16.2. The molecular formula is C18H25N3O3. The molecule has 0 spiro atoms. The maximum Gasteiger partial charge on any atom is 0.247 e. The zero-order chi connectivity index (χ0) is 17.5. The molecule has 1 unspecified atom stereocenters. The fraction of sp³-hybridized carbons (Fsp3) is 0.500. The average molecular weight is 331 g/mol. The second-order valence-electron chi connectivity index (χ2n) is 6.26. The lowest BCUT2D eigenvalue weighted by molar-refractivity contribution is -0.126. The Hall–Kier alpha value is -2.37. The van der Waals surface area contributed by atoms with E-state index < -0.39 is 6.04 Å². The fourth-order valence-corrected chi connectivity index (χ4v) is 3.11. The first-order valence-electron chi connectivity index (χ1n) is 8.37. The minimum Gasteiger partial charge on any atom is -0.359 e. The number of nitrogens with one attached hydrogen (secondary N) is 3. The number of rotatable bonds is 6. The first-order valence-corrected chi connectivity index (χ1v) is 8.37.